The van der Waals surface area contributed by atoms with E-state index in [1.165, 1.54) is 19.4 Å². The molecule has 0 aromatic heterocycles. The fourth-order valence-electron chi connectivity index (χ4n) is 5.25. The van der Waals surface area contributed by atoms with Crippen LogP contribution in [0.2, 0.25) is 0 Å². The van der Waals surface area contributed by atoms with E-state index < -0.39 is 0 Å². The van der Waals surface area contributed by atoms with Crippen LogP contribution in [0, 0.1) is 17.7 Å². The minimum absolute atomic E-state index is 0.0225. The molecule has 4 heterocycles. The Kier molecular flexibility index (Phi) is 6.67. The molecule has 7 heteroatoms. The average Bonchev–Trinajstić information content (AvgIpc) is 2.74. The van der Waals surface area contributed by atoms with Gasteiger partial charge in [0, 0.05) is 64.7 Å². The highest BCUT2D eigenvalue weighted by Crippen LogP contribution is 2.36. The summed E-state index contributed by atoms with van der Waals surface area (Å²) in [6.45, 7) is 8.49. The standard InChI is InChI=1S/C22H33FN4O2/c1-29-16-22(28)24-13-21-12-17-6-7-27(21)15-18(17)14-25-8-10-26(11-9-25)20-4-2-19(23)3-5-20/h2-5,17-18,21H,6-16H2,1H3,(H,24,28)/t17-,18-,21+/m0/s1. The summed E-state index contributed by atoms with van der Waals surface area (Å²) in [5.41, 5.74) is 1.12. The van der Waals surface area contributed by atoms with E-state index in [0.29, 0.717) is 6.04 Å². The number of halogens is 1. The van der Waals surface area contributed by atoms with Crippen LogP contribution in [0.15, 0.2) is 24.3 Å². The molecule has 29 heavy (non-hydrogen) atoms. The van der Waals surface area contributed by atoms with Gasteiger partial charge >= 0.3 is 0 Å². The lowest BCUT2D eigenvalue weighted by Crippen LogP contribution is -2.59. The summed E-state index contributed by atoms with van der Waals surface area (Å²) < 4.78 is 18.0. The Morgan fingerprint density at radius 3 is 2.59 bits per heavy atom. The minimum Gasteiger partial charge on any atom is -0.375 e. The average molecular weight is 405 g/mol. The van der Waals surface area contributed by atoms with Gasteiger partial charge in [0.25, 0.3) is 0 Å². The molecule has 4 aliphatic heterocycles. The molecule has 0 spiro atoms. The Balaban J connectivity index is 1.22. The molecular weight excluding hydrogens is 371 g/mol. The van der Waals surface area contributed by atoms with E-state index in [1.54, 1.807) is 19.2 Å². The zero-order chi connectivity index (χ0) is 20.2. The number of methoxy groups -OCH3 is 1. The maximum absolute atomic E-state index is 13.1. The Labute approximate surface area is 173 Å². The number of hydrogen-bond donors (Lipinski definition) is 1. The first-order valence-electron chi connectivity index (χ1n) is 10.8. The highest BCUT2D eigenvalue weighted by Gasteiger charge is 2.40. The summed E-state index contributed by atoms with van der Waals surface area (Å²) in [6, 6.07) is 7.32. The maximum Gasteiger partial charge on any atom is 0.246 e. The molecule has 0 saturated carbocycles. The van der Waals surface area contributed by atoms with Gasteiger partial charge < -0.3 is 15.0 Å². The first-order valence-corrected chi connectivity index (χ1v) is 10.8. The molecule has 4 saturated heterocycles. The smallest absolute Gasteiger partial charge is 0.246 e. The van der Waals surface area contributed by atoms with Crippen LogP contribution < -0.4 is 10.2 Å². The van der Waals surface area contributed by atoms with Crippen molar-refractivity contribution in [1.29, 1.82) is 0 Å². The van der Waals surface area contributed by atoms with E-state index in [9.17, 15) is 9.18 Å². The van der Waals surface area contributed by atoms with Gasteiger partial charge in [0.2, 0.25) is 5.91 Å². The van der Waals surface area contributed by atoms with E-state index >= 15 is 0 Å². The number of fused-ring (bicyclic) bond motifs is 3. The number of carbonyl (C=O) groups excluding carboxylic acids is 1. The molecule has 0 radical (unpaired) electrons. The van der Waals surface area contributed by atoms with Gasteiger partial charge in [-0.3, -0.25) is 14.6 Å². The predicted octanol–water partition coefficient (Wildman–Crippen LogP) is 1.42. The third-order valence-electron chi connectivity index (χ3n) is 6.88. The summed E-state index contributed by atoms with van der Waals surface area (Å²) in [7, 11) is 1.55. The lowest BCUT2D eigenvalue weighted by atomic mass is 9.75. The van der Waals surface area contributed by atoms with E-state index in [0.717, 1.165) is 63.3 Å². The van der Waals surface area contributed by atoms with Crippen LogP contribution in [0.5, 0.6) is 0 Å². The molecule has 6 nitrogen and oxygen atoms in total. The van der Waals surface area contributed by atoms with Crippen LogP contribution in [0.3, 0.4) is 0 Å². The number of hydrogen-bond acceptors (Lipinski definition) is 5. The van der Waals surface area contributed by atoms with Crippen molar-refractivity contribution in [2.24, 2.45) is 11.8 Å². The van der Waals surface area contributed by atoms with Gasteiger partial charge in [-0.05, 0) is 55.5 Å². The van der Waals surface area contributed by atoms with Crippen molar-refractivity contribution in [2.75, 3.05) is 71.0 Å². The van der Waals surface area contributed by atoms with Crippen molar-refractivity contribution in [1.82, 2.24) is 15.1 Å². The molecular formula is C22H33FN4O2. The molecule has 1 N–H and O–H groups in total. The number of nitrogens with zero attached hydrogens (tertiary/aromatic N) is 3. The molecule has 4 aliphatic rings. The van der Waals surface area contributed by atoms with Crippen LogP contribution in [0.25, 0.3) is 0 Å². The summed E-state index contributed by atoms with van der Waals surface area (Å²) >= 11 is 0. The van der Waals surface area contributed by atoms with Crippen LogP contribution in [-0.4, -0.2) is 87.8 Å². The maximum atomic E-state index is 13.1. The first-order chi connectivity index (χ1) is 14.1. The third-order valence-corrected chi connectivity index (χ3v) is 6.88. The zero-order valence-corrected chi connectivity index (χ0v) is 17.4. The van der Waals surface area contributed by atoms with Crippen LogP contribution in [-0.2, 0) is 9.53 Å². The lowest BCUT2D eigenvalue weighted by molar-refractivity contribution is -0.125. The number of ether oxygens (including phenoxy) is 1. The number of piperazine rings is 1. The fraction of sp³-hybridized carbons (Fsp3) is 0.682. The second-order valence-corrected chi connectivity index (χ2v) is 8.69. The van der Waals surface area contributed by atoms with Crippen molar-refractivity contribution >= 4 is 11.6 Å². The third kappa shape index (κ3) is 5.08. The molecule has 4 atom stereocenters. The number of nitrogens with one attached hydrogen (secondary N) is 1. The SMILES string of the molecule is COCC(=O)NC[C@H]1C[C@@H]2CCN1C[C@@H]2CN1CCN(c2ccc(F)cc2)CC1. The number of benzene rings is 1. The van der Waals surface area contributed by atoms with Gasteiger partial charge in [-0.15, -0.1) is 0 Å². The van der Waals surface area contributed by atoms with Crippen molar-refractivity contribution < 1.29 is 13.9 Å². The largest absolute Gasteiger partial charge is 0.375 e. The molecule has 1 aromatic rings. The van der Waals surface area contributed by atoms with Crippen LogP contribution in [0.4, 0.5) is 10.1 Å². The molecule has 0 aliphatic carbocycles. The van der Waals surface area contributed by atoms with E-state index in [2.05, 4.69) is 20.0 Å². The molecule has 1 amide bonds. The van der Waals surface area contributed by atoms with E-state index in [-0.39, 0.29) is 18.3 Å². The number of amides is 1. The molecule has 5 rings (SSSR count). The number of rotatable bonds is 7. The summed E-state index contributed by atoms with van der Waals surface area (Å²) in [5.74, 6) is 1.29. The predicted molar refractivity (Wildman–Crippen MR) is 112 cm³/mol. The summed E-state index contributed by atoms with van der Waals surface area (Å²) in [4.78, 5) is 19.2. The molecule has 4 fully saturated rings. The second-order valence-electron chi connectivity index (χ2n) is 8.69. The molecule has 1 aromatic carbocycles. The quantitative estimate of drug-likeness (QED) is 0.745. The van der Waals surface area contributed by atoms with Gasteiger partial charge in [0.05, 0.1) is 0 Å². The first kappa shape index (κ1) is 20.6. The number of anilines is 1. The van der Waals surface area contributed by atoms with Crippen molar-refractivity contribution in [3.05, 3.63) is 30.1 Å². The Hall–Kier alpha value is -1.70. The van der Waals surface area contributed by atoms with Gasteiger partial charge in [-0.2, -0.15) is 0 Å². The molecule has 160 valence electrons. The van der Waals surface area contributed by atoms with E-state index in [4.69, 9.17) is 4.74 Å². The van der Waals surface area contributed by atoms with Gasteiger partial charge in [-0.25, -0.2) is 4.39 Å². The Morgan fingerprint density at radius 1 is 1.17 bits per heavy atom. The van der Waals surface area contributed by atoms with Crippen molar-refractivity contribution in [3.8, 4) is 0 Å². The lowest BCUT2D eigenvalue weighted by Gasteiger charge is -2.51. The van der Waals surface area contributed by atoms with Gasteiger partial charge in [-0.1, -0.05) is 0 Å². The Morgan fingerprint density at radius 2 is 1.93 bits per heavy atom. The molecule has 2 bridgehead atoms. The highest BCUT2D eigenvalue weighted by molar-refractivity contribution is 5.77. The van der Waals surface area contributed by atoms with E-state index in [1.807, 2.05) is 12.1 Å². The van der Waals surface area contributed by atoms with Crippen LogP contribution in [0.1, 0.15) is 12.8 Å². The van der Waals surface area contributed by atoms with Crippen molar-refractivity contribution in [2.45, 2.75) is 18.9 Å². The second kappa shape index (κ2) is 9.41. The monoisotopic (exact) mass is 404 g/mol. The van der Waals surface area contributed by atoms with Gasteiger partial charge in [0.1, 0.15) is 12.4 Å². The van der Waals surface area contributed by atoms with Crippen molar-refractivity contribution in [3.63, 3.8) is 0 Å². The number of piperidine rings is 3. The highest BCUT2D eigenvalue weighted by atomic mass is 19.1. The Bertz CT molecular complexity index is 678. The summed E-state index contributed by atoms with van der Waals surface area (Å²) in [5, 5.41) is 3.01. The zero-order valence-electron chi connectivity index (χ0n) is 17.4. The minimum atomic E-state index is -0.175. The number of carbonyl (C=O) groups is 1. The molecule has 1 unspecified atom stereocenters. The summed E-state index contributed by atoms with van der Waals surface area (Å²) in [6.07, 6.45) is 2.47. The topological polar surface area (TPSA) is 48.1 Å². The normalized spacial score (nSPS) is 29.8. The van der Waals surface area contributed by atoms with Crippen LogP contribution >= 0.6 is 0 Å². The van der Waals surface area contributed by atoms with Gasteiger partial charge in [0.15, 0.2) is 0 Å². The fourth-order valence-corrected chi connectivity index (χ4v) is 5.25.